The van der Waals surface area contributed by atoms with E-state index in [1.54, 1.807) is 0 Å². The molecule has 25 heavy (non-hydrogen) atoms. The predicted molar refractivity (Wildman–Crippen MR) is 101 cm³/mol. The summed E-state index contributed by atoms with van der Waals surface area (Å²) in [6.45, 7) is 5.29. The molecule has 1 aliphatic heterocycles. The first-order valence-corrected chi connectivity index (χ1v) is 9.05. The van der Waals surface area contributed by atoms with E-state index in [4.69, 9.17) is 4.74 Å². The molecule has 1 atom stereocenters. The molecule has 0 spiro atoms. The minimum atomic E-state index is 0.0205. The van der Waals surface area contributed by atoms with E-state index in [1.807, 2.05) is 37.3 Å². The Hall–Kier alpha value is -2.33. The van der Waals surface area contributed by atoms with Gasteiger partial charge >= 0.3 is 0 Å². The molecule has 1 heterocycles. The van der Waals surface area contributed by atoms with Gasteiger partial charge in [0.1, 0.15) is 5.75 Å². The van der Waals surface area contributed by atoms with Crippen molar-refractivity contribution >= 4 is 11.6 Å². The van der Waals surface area contributed by atoms with Crippen LogP contribution in [0, 0.1) is 5.92 Å². The van der Waals surface area contributed by atoms with Gasteiger partial charge in [-0.3, -0.25) is 9.69 Å². The van der Waals surface area contributed by atoms with Crippen molar-refractivity contribution in [2.24, 2.45) is 5.92 Å². The number of anilines is 1. The molecule has 4 nitrogen and oxygen atoms in total. The minimum absolute atomic E-state index is 0.0205. The van der Waals surface area contributed by atoms with Gasteiger partial charge in [-0.15, -0.1) is 0 Å². The number of nitrogens with zero attached hydrogens (tertiary/aromatic N) is 1. The number of likely N-dealkylation sites (tertiary alicyclic amines) is 1. The second-order valence-electron chi connectivity index (χ2n) is 6.48. The summed E-state index contributed by atoms with van der Waals surface area (Å²) >= 11 is 0. The van der Waals surface area contributed by atoms with Crippen LogP contribution in [0.4, 0.5) is 5.69 Å². The van der Waals surface area contributed by atoms with Crippen molar-refractivity contribution in [2.75, 3.05) is 25.0 Å². The summed E-state index contributed by atoms with van der Waals surface area (Å²) in [7, 11) is 0. The number of carbonyl (C=O) groups excluding carboxylic acids is 1. The third-order valence-corrected chi connectivity index (χ3v) is 4.57. The molecule has 0 aromatic heterocycles. The third-order valence-electron chi connectivity index (χ3n) is 4.57. The molecular formula is C21H26N2O2. The van der Waals surface area contributed by atoms with Gasteiger partial charge in [-0.25, -0.2) is 0 Å². The van der Waals surface area contributed by atoms with Crippen LogP contribution in [0.2, 0.25) is 0 Å². The summed E-state index contributed by atoms with van der Waals surface area (Å²) in [4.78, 5) is 15.1. The standard InChI is InChI=1S/C21H26N2O2/c1-2-25-20-13-7-6-12-19(20)22-21(24)18-11-8-14-23(16-18)15-17-9-4-3-5-10-17/h3-7,9-10,12-13,18H,2,8,11,14-16H2,1H3,(H,22,24)/t18-/m0/s1. The Morgan fingerprint density at radius 1 is 1.16 bits per heavy atom. The van der Waals surface area contributed by atoms with E-state index in [9.17, 15) is 4.79 Å². The number of ether oxygens (including phenoxy) is 1. The monoisotopic (exact) mass is 338 g/mol. The summed E-state index contributed by atoms with van der Waals surface area (Å²) in [6, 6.07) is 18.1. The lowest BCUT2D eigenvalue weighted by Crippen LogP contribution is -2.40. The zero-order chi connectivity index (χ0) is 17.5. The lowest BCUT2D eigenvalue weighted by Gasteiger charge is -2.32. The highest BCUT2D eigenvalue weighted by molar-refractivity contribution is 5.94. The maximum Gasteiger partial charge on any atom is 0.228 e. The first kappa shape index (κ1) is 17.5. The van der Waals surface area contributed by atoms with Crippen molar-refractivity contribution in [2.45, 2.75) is 26.3 Å². The first-order chi connectivity index (χ1) is 12.3. The van der Waals surface area contributed by atoms with Crippen molar-refractivity contribution in [3.8, 4) is 5.75 Å². The summed E-state index contributed by atoms with van der Waals surface area (Å²) < 4.78 is 5.60. The van der Waals surface area contributed by atoms with Gasteiger partial charge in [0.25, 0.3) is 0 Å². The molecule has 1 amide bonds. The van der Waals surface area contributed by atoms with Gasteiger partial charge in [-0.2, -0.15) is 0 Å². The molecule has 3 rings (SSSR count). The van der Waals surface area contributed by atoms with Gasteiger partial charge in [0, 0.05) is 13.1 Å². The SMILES string of the molecule is CCOc1ccccc1NC(=O)[C@H]1CCCN(Cc2ccccc2)C1. The van der Waals surface area contributed by atoms with Gasteiger partial charge in [-0.05, 0) is 44.0 Å². The molecule has 0 bridgehead atoms. The molecule has 1 N–H and O–H groups in total. The van der Waals surface area contributed by atoms with Crippen LogP contribution in [0.3, 0.4) is 0 Å². The Kier molecular flexibility index (Phi) is 6.07. The zero-order valence-corrected chi connectivity index (χ0v) is 14.8. The highest BCUT2D eigenvalue weighted by Gasteiger charge is 2.26. The average Bonchev–Trinajstić information content (AvgIpc) is 2.64. The maximum absolute atomic E-state index is 12.7. The van der Waals surface area contributed by atoms with E-state index in [2.05, 4.69) is 34.5 Å². The van der Waals surface area contributed by atoms with Crippen LogP contribution in [0.15, 0.2) is 54.6 Å². The van der Waals surface area contributed by atoms with Crippen molar-refractivity contribution in [3.05, 3.63) is 60.2 Å². The molecule has 0 saturated carbocycles. The molecule has 4 heteroatoms. The predicted octanol–water partition coefficient (Wildman–Crippen LogP) is 3.94. The quantitative estimate of drug-likeness (QED) is 0.867. The zero-order valence-electron chi connectivity index (χ0n) is 14.8. The maximum atomic E-state index is 12.7. The number of amides is 1. The van der Waals surface area contributed by atoms with E-state index in [-0.39, 0.29) is 11.8 Å². The molecule has 0 aliphatic carbocycles. The smallest absolute Gasteiger partial charge is 0.228 e. The van der Waals surface area contributed by atoms with Crippen LogP contribution in [0.5, 0.6) is 5.75 Å². The molecule has 0 unspecified atom stereocenters. The van der Waals surface area contributed by atoms with E-state index < -0.39 is 0 Å². The largest absolute Gasteiger partial charge is 0.492 e. The summed E-state index contributed by atoms with van der Waals surface area (Å²) in [6.07, 6.45) is 1.99. The second-order valence-corrected chi connectivity index (χ2v) is 6.48. The highest BCUT2D eigenvalue weighted by atomic mass is 16.5. The first-order valence-electron chi connectivity index (χ1n) is 9.05. The lowest BCUT2D eigenvalue weighted by molar-refractivity contribution is -0.121. The van der Waals surface area contributed by atoms with Crippen LogP contribution in [-0.4, -0.2) is 30.5 Å². The number of hydrogen-bond donors (Lipinski definition) is 1. The number of para-hydroxylation sites is 2. The molecule has 132 valence electrons. The summed E-state index contributed by atoms with van der Waals surface area (Å²) in [5.41, 5.74) is 2.06. The molecule has 1 saturated heterocycles. The van der Waals surface area contributed by atoms with E-state index in [0.717, 1.165) is 43.9 Å². The Morgan fingerprint density at radius 3 is 2.72 bits per heavy atom. The third kappa shape index (κ3) is 4.83. The van der Waals surface area contributed by atoms with Gasteiger partial charge in [0.15, 0.2) is 0 Å². The van der Waals surface area contributed by atoms with Gasteiger partial charge in [0.2, 0.25) is 5.91 Å². The number of nitrogens with one attached hydrogen (secondary N) is 1. The van der Waals surface area contributed by atoms with Crippen LogP contribution >= 0.6 is 0 Å². The van der Waals surface area contributed by atoms with Crippen molar-refractivity contribution < 1.29 is 9.53 Å². The van der Waals surface area contributed by atoms with E-state index >= 15 is 0 Å². The number of carbonyl (C=O) groups is 1. The molecule has 0 radical (unpaired) electrons. The van der Waals surface area contributed by atoms with Crippen molar-refractivity contribution in [1.29, 1.82) is 0 Å². The van der Waals surface area contributed by atoms with Crippen LogP contribution < -0.4 is 10.1 Å². The van der Waals surface area contributed by atoms with E-state index in [0.29, 0.717) is 6.61 Å². The molecule has 2 aromatic carbocycles. The fraction of sp³-hybridized carbons (Fsp3) is 0.381. The molecule has 1 aliphatic rings. The highest BCUT2D eigenvalue weighted by Crippen LogP contribution is 2.26. The van der Waals surface area contributed by atoms with Crippen LogP contribution in [0.25, 0.3) is 0 Å². The van der Waals surface area contributed by atoms with Crippen LogP contribution in [0.1, 0.15) is 25.3 Å². The van der Waals surface area contributed by atoms with Gasteiger partial charge < -0.3 is 10.1 Å². The molecule has 1 fully saturated rings. The summed E-state index contributed by atoms with van der Waals surface area (Å²) in [5.74, 6) is 0.840. The van der Waals surface area contributed by atoms with Crippen molar-refractivity contribution in [1.82, 2.24) is 4.90 Å². The molecular weight excluding hydrogens is 312 g/mol. The Bertz CT molecular complexity index is 687. The minimum Gasteiger partial charge on any atom is -0.492 e. The normalized spacial score (nSPS) is 17.9. The van der Waals surface area contributed by atoms with Gasteiger partial charge in [-0.1, -0.05) is 42.5 Å². The Morgan fingerprint density at radius 2 is 1.92 bits per heavy atom. The van der Waals surface area contributed by atoms with Crippen molar-refractivity contribution in [3.63, 3.8) is 0 Å². The second kappa shape index (κ2) is 8.67. The number of piperidine rings is 1. The van der Waals surface area contributed by atoms with Crippen LogP contribution in [-0.2, 0) is 11.3 Å². The summed E-state index contributed by atoms with van der Waals surface area (Å²) in [5, 5.41) is 3.06. The lowest BCUT2D eigenvalue weighted by atomic mass is 9.96. The number of rotatable bonds is 6. The van der Waals surface area contributed by atoms with Gasteiger partial charge in [0.05, 0.1) is 18.2 Å². The van der Waals surface area contributed by atoms with E-state index in [1.165, 1.54) is 5.56 Å². The fourth-order valence-corrected chi connectivity index (χ4v) is 3.34. The Balaban J connectivity index is 1.60. The number of benzene rings is 2. The topological polar surface area (TPSA) is 41.6 Å². The Labute approximate surface area is 149 Å². The number of hydrogen-bond acceptors (Lipinski definition) is 3. The molecule has 2 aromatic rings. The average molecular weight is 338 g/mol. The fourth-order valence-electron chi connectivity index (χ4n) is 3.34.